The van der Waals surface area contributed by atoms with Crippen molar-refractivity contribution in [1.29, 1.82) is 0 Å². The van der Waals surface area contributed by atoms with Crippen LogP contribution in [0.3, 0.4) is 0 Å². The molecule has 0 aliphatic heterocycles. The Bertz CT molecular complexity index is 1310. The lowest BCUT2D eigenvalue weighted by Gasteiger charge is -2.15. The molecule has 0 aliphatic rings. The van der Waals surface area contributed by atoms with Gasteiger partial charge in [-0.25, -0.2) is 9.67 Å². The highest BCUT2D eigenvalue weighted by atomic mass is 32.1. The van der Waals surface area contributed by atoms with Crippen LogP contribution in [0.4, 0.5) is 0 Å². The molecule has 0 atom stereocenters. The van der Waals surface area contributed by atoms with Crippen LogP contribution in [0.1, 0.15) is 15.4 Å². The van der Waals surface area contributed by atoms with Gasteiger partial charge < -0.3 is 4.90 Å². The van der Waals surface area contributed by atoms with Crippen LogP contribution >= 0.6 is 11.3 Å². The summed E-state index contributed by atoms with van der Waals surface area (Å²) in [5.74, 6) is -0.111. The van der Waals surface area contributed by atoms with Gasteiger partial charge in [0.05, 0.1) is 28.0 Å². The lowest BCUT2D eigenvalue weighted by molar-refractivity contribution is 0.0786. The van der Waals surface area contributed by atoms with Crippen LogP contribution in [0, 0.1) is 0 Å². The molecule has 2 aromatic carbocycles. The summed E-state index contributed by atoms with van der Waals surface area (Å²) in [5, 5.41) is 5.61. The van der Waals surface area contributed by atoms with E-state index in [1.807, 2.05) is 66.7 Å². The molecule has 7 heteroatoms. The first-order chi connectivity index (χ1) is 15.2. The van der Waals surface area contributed by atoms with Gasteiger partial charge in [-0.15, -0.1) is 11.3 Å². The van der Waals surface area contributed by atoms with Gasteiger partial charge >= 0.3 is 0 Å². The van der Waals surface area contributed by atoms with Crippen LogP contribution in [0.15, 0.2) is 85.3 Å². The maximum absolute atomic E-state index is 13.4. The SMILES string of the molecule is CN(Cc1nc2ccccc2s1)C(=O)c1cn(-c2ccccc2)nc1-c1cccnc1. The molecule has 0 saturated heterocycles. The Morgan fingerprint density at radius 1 is 1.03 bits per heavy atom. The van der Waals surface area contributed by atoms with Gasteiger partial charge in [0, 0.05) is 31.2 Å². The summed E-state index contributed by atoms with van der Waals surface area (Å²) >= 11 is 1.61. The third-order valence-corrected chi connectivity index (χ3v) is 5.98. The normalized spacial score (nSPS) is 11.0. The second-order valence-electron chi connectivity index (χ2n) is 7.15. The van der Waals surface area contributed by atoms with Crippen LogP contribution in [0.25, 0.3) is 27.2 Å². The number of amides is 1. The Morgan fingerprint density at radius 3 is 2.61 bits per heavy atom. The molecule has 0 aliphatic carbocycles. The number of pyridine rings is 1. The third-order valence-electron chi connectivity index (χ3n) is 4.96. The lowest BCUT2D eigenvalue weighted by Crippen LogP contribution is -2.26. The Morgan fingerprint density at radius 2 is 1.84 bits per heavy atom. The van der Waals surface area contributed by atoms with E-state index in [0.717, 1.165) is 26.5 Å². The van der Waals surface area contributed by atoms with Crippen molar-refractivity contribution < 1.29 is 4.79 Å². The Kier molecular flexibility index (Phi) is 5.01. The molecule has 0 N–H and O–H groups in total. The monoisotopic (exact) mass is 425 g/mol. The highest BCUT2D eigenvalue weighted by molar-refractivity contribution is 7.18. The molecule has 0 radical (unpaired) electrons. The zero-order valence-corrected chi connectivity index (χ0v) is 17.7. The molecule has 152 valence electrons. The van der Waals surface area contributed by atoms with Gasteiger partial charge in [-0.2, -0.15) is 5.10 Å². The number of hydrogen-bond donors (Lipinski definition) is 0. The smallest absolute Gasteiger partial charge is 0.257 e. The minimum absolute atomic E-state index is 0.111. The second-order valence-corrected chi connectivity index (χ2v) is 8.26. The van der Waals surface area contributed by atoms with E-state index in [-0.39, 0.29) is 5.91 Å². The number of aromatic nitrogens is 4. The van der Waals surface area contributed by atoms with Crippen LogP contribution < -0.4 is 0 Å². The fraction of sp³-hybridized carbons (Fsp3) is 0.0833. The van der Waals surface area contributed by atoms with Crippen molar-refractivity contribution in [2.75, 3.05) is 7.05 Å². The van der Waals surface area contributed by atoms with E-state index in [2.05, 4.69) is 9.97 Å². The molecule has 0 saturated carbocycles. The van der Waals surface area contributed by atoms with E-state index in [1.165, 1.54) is 0 Å². The fourth-order valence-corrected chi connectivity index (χ4v) is 4.45. The molecular formula is C24H19N5OS. The predicted octanol–water partition coefficient (Wildman–Crippen LogP) is 4.82. The number of para-hydroxylation sites is 2. The van der Waals surface area contributed by atoms with Crippen molar-refractivity contribution in [2.45, 2.75) is 6.54 Å². The van der Waals surface area contributed by atoms with Gasteiger partial charge in [0.15, 0.2) is 0 Å². The highest BCUT2D eigenvalue weighted by Gasteiger charge is 2.22. The van der Waals surface area contributed by atoms with Crippen molar-refractivity contribution in [3.05, 3.63) is 95.9 Å². The molecule has 31 heavy (non-hydrogen) atoms. The zero-order valence-electron chi connectivity index (χ0n) is 16.8. The average molecular weight is 426 g/mol. The number of hydrogen-bond acceptors (Lipinski definition) is 5. The molecule has 3 heterocycles. The molecule has 0 unspecified atom stereocenters. The van der Waals surface area contributed by atoms with E-state index in [1.54, 1.807) is 46.6 Å². The van der Waals surface area contributed by atoms with E-state index in [0.29, 0.717) is 17.8 Å². The van der Waals surface area contributed by atoms with Crippen molar-refractivity contribution in [3.8, 4) is 16.9 Å². The minimum atomic E-state index is -0.111. The number of benzene rings is 2. The summed E-state index contributed by atoms with van der Waals surface area (Å²) in [6.07, 6.45) is 5.22. The second kappa shape index (κ2) is 8.12. The summed E-state index contributed by atoms with van der Waals surface area (Å²) in [5.41, 5.74) is 3.78. The van der Waals surface area contributed by atoms with Crippen molar-refractivity contribution in [2.24, 2.45) is 0 Å². The van der Waals surface area contributed by atoms with Crippen LogP contribution in [-0.4, -0.2) is 37.6 Å². The summed E-state index contributed by atoms with van der Waals surface area (Å²) in [6.45, 7) is 0.432. The Hall–Kier alpha value is -3.84. The van der Waals surface area contributed by atoms with Crippen LogP contribution in [0.5, 0.6) is 0 Å². The average Bonchev–Trinajstić information content (AvgIpc) is 3.44. The first kappa shape index (κ1) is 19.1. The van der Waals surface area contributed by atoms with Gasteiger partial charge in [-0.1, -0.05) is 30.3 Å². The number of rotatable bonds is 5. The molecule has 6 nitrogen and oxygen atoms in total. The number of carbonyl (C=O) groups excluding carboxylic acids is 1. The van der Waals surface area contributed by atoms with Gasteiger partial charge in [-0.3, -0.25) is 9.78 Å². The number of fused-ring (bicyclic) bond motifs is 1. The lowest BCUT2D eigenvalue weighted by atomic mass is 10.1. The van der Waals surface area contributed by atoms with E-state index in [4.69, 9.17) is 5.10 Å². The maximum Gasteiger partial charge on any atom is 0.257 e. The molecule has 0 bridgehead atoms. The zero-order chi connectivity index (χ0) is 21.2. The summed E-state index contributed by atoms with van der Waals surface area (Å²) in [6, 6.07) is 21.5. The van der Waals surface area contributed by atoms with E-state index < -0.39 is 0 Å². The summed E-state index contributed by atoms with van der Waals surface area (Å²) < 4.78 is 2.85. The molecule has 1 amide bonds. The maximum atomic E-state index is 13.4. The van der Waals surface area contributed by atoms with Crippen LogP contribution in [0.2, 0.25) is 0 Å². The fourth-order valence-electron chi connectivity index (χ4n) is 3.43. The molecule has 0 spiro atoms. The number of thiazole rings is 1. The first-order valence-corrected chi connectivity index (χ1v) is 10.7. The quantitative estimate of drug-likeness (QED) is 0.405. The van der Waals surface area contributed by atoms with Gasteiger partial charge in [0.2, 0.25) is 0 Å². The molecule has 0 fully saturated rings. The molecule has 5 aromatic rings. The number of carbonyl (C=O) groups is 1. The third kappa shape index (κ3) is 3.83. The number of nitrogens with zero attached hydrogens (tertiary/aromatic N) is 5. The van der Waals surface area contributed by atoms with Crippen LogP contribution in [-0.2, 0) is 6.54 Å². The predicted molar refractivity (Wildman–Crippen MR) is 122 cm³/mol. The highest BCUT2D eigenvalue weighted by Crippen LogP contribution is 2.26. The van der Waals surface area contributed by atoms with E-state index >= 15 is 0 Å². The Balaban J connectivity index is 1.50. The summed E-state index contributed by atoms with van der Waals surface area (Å²) in [4.78, 5) is 24.0. The Labute approximate surface area is 183 Å². The van der Waals surface area contributed by atoms with Crippen molar-refractivity contribution >= 4 is 27.5 Å². The first-order valence-electron chi connectivity index (χ1n) is 9.84. The molecule has 3 aromatic heterocycles. The summed E-state index contributed by atoms with van der Waals surface area (Å²) in [7, 11) is 1.79. The standard InChI is InChI=1S/C24H19N5OS/c1-28(16-22-26-20-11-5-6-12-21(20)31-22)24(30)19-15-29(18-9-3-2-4-10-18)27-23(19)17-8-7-13-25-14-17/h2-15H,16H2,1H3. The van der Waals surface area contributed by atoms with Gasteiger partial charge in [0.25, 0.3) is 5.91 Å². The minimum Gasteiger partial charge on any atom is -0.335 e. The van der Waals surface area contributed by atoms with Gasteiger partial charge in [0.1, 0.15) is 10.7 Å². The van der Waals surface area contributed by atoms with Crippen molar-refractivity contribution in [3.63, 3.8) is 0 Å². The topological polar surface area (TPSA) is 63.9 Å². The van der Waals surface area contributed by atoms with E-state index in [9.17, 15) is 4.79 Å². The van der Waals surface area contributed by atoms with Gasteiger partial charge in [-0.05, 0) is 36.4 Å². The molecule has 5 rings (SSSR count). The molecular weight excluding hydrogens is 406 g/mol. The largest absolute Gasteiger partial charge is 0.335 e. The van der Waals surface area contributed by atoms with Crippen molar-refractivity contribution in [1.82, 2.24) is 24.6 Å².